The number of aromatic amines is 1. The largest absolute Gasteiger partial charge is 0.489 e. The third-order valence-electron chi connectivity index (χ3n) is 5.89. The van der Waals surface area contributed by atoms with Gasteiger partial charge in [0, 0.05) is 24.2 Å². The fourth-order valence-electron chi connectivity index (χ4n) is 3.93. The maximum absolute atomic E-state index is 6.26. The number of hydrogen-bond donors (Lipinski definition) is 1. The zero-order valence-electron chi connectivity index (χ0n) is 19.0. The molecule has 0 aliphatic carbocycles. The van der Waals surface area contributed by atoms with E-state index in [2.05, 4.69) is 60.3 Å². The van der Waals surface area contributed by atoms with Crippen LogP contribution in [0.25, 0.3) is 10.9 Å². The van der Waals surface area contributed by atoms with E-state index in [4.69, 9.17) is 9.47 Å². The minimum atomic E-state index is 0.520. The summed E-state index contributed by atoms with van der Waals surface area (Å²) in [6, 6.07) is 24.6. The van der Waals surface area contributed by atoms with Crippen molar-refractivity contribution in [3.8, 4) is 11.5 Å². The first-order valence-electron chi connectivity index (χ1n) is 11.5. The third-order valence-corrected chi connectivity index (χ3v) is 5.89. The number of rotatable bonds is 11. The van der Waals surface area contributed by atoms with Gasteiger partial charge in [-0.25, -0.2) is 0 Å². The van der Waals surface area contributed by atoms with Crippen molar-refractivity contribution in [1.29, 1.82) is 0 Å². The lowest BCUT2D eigenvalue weighted by molar-refractivity contribution is 0.292. The number of fused-ring (bicyclic) bond motifs is 1. The standard InChI is InChI=1S/C28H32N2O2/c1-3-30(4-2)16-15-24-19-29-28-26(24)17-25(31-20-22-11-7-5-8-12-22)18-27(28)32-21-23-13-9-6-10-14-23/h5-14,17-19,29H,3-4,15-16,20-21H2,1-2H3. The second kappa shape index (κ2) is 10.9. The van der Waals surface area contributed by atoms with Crippen molar-refractivity contribution in [3.05, 3.63) is 95.7 Å². The Balaban J connectivity index is 1.59. The number of nitrogens with one attached hydrogen (secondary N) is 1. The Labute approximate surface area is 190 Å². The minimum Gasteiger partial charge on any atom is -0.489 e. The highest BCUT2D eigenvalue weighted by atomic mass is 16.5. The van der Waals surface area contributed by atoms with Gasteiger partial charge in [0.15, 0.2) is 0 Å². The molecule has 4 rings (SSSR count). The van der Waals surface area contributed by atoms with Gasteiger partial charge >= 0.3 is 0 Å². The average Bonchev–Trinajstić information content (AvgIpc) is 3.26. The summed E-state index contributed by atoms with van der Waals surface area (Å²) in [5, 5.41) is 1.17. The fourth-order valence-corrected chi connectivity index (χ4v) is 3.93. The van der Waals surface area contributed by atoms with Gasteiger partial charge in [-0.15, -0.1) is 0 Å². The van der Waals surface area contributed by atoms with E-state index in [-0.39, 0.29) is 0 Å². The number of nitrogens with zero attached hydrogens (tertiary/aromatic N) is 1. The summed E-state index contributed by atoms with van der Waals surface area (Å²) < 4.78 is 12.4. The summed E-state index contributed by atoms with van der Waals surface area (Å²) in [6.45, 7) is 8.64. The summed E-state index contributed by atoms with van der Waals surface area (Å²) >= 11 is 0. The van der Waals surface area contributed by atoms with Crippen LogP contribution in [0.15, 0.2) is 79.0 Å². The van der Waals surface area contributed by atoms with E-state index < -0.39 is 0 Å². The monoisotopic (exact) mass is 428 g/mol. The molecule has 4 aromatic rings. The second-order valence-electron chi connectivity index (χ2n) is 7.98. The fraction of sp³-hybridized carbons (Fsp3) is 0.286. The van der Waals surface area contributed by atoms with Crippen molar-refractivity contribution >= 4 is 10.9 Å². The van der Waals surface area contributed by atoms with Crippen molar-refractivity contribution in [2.75, 3.05) is 19.6 Å². The van der Waals surface area contributed by atoms with Crippen molar-refractivity contribution < 1.29 is 9.47 Å². The first-order valence-corrected chi connectivity index (χ1v) is 11.5. The highest BCUT2D eigenvalue weighted by Gasteiger charge is 2.13. The molecule has 0 amide bonds. The van der Waals surface area contributed by atoms with Crippen LogP contribution in [-0.2, 0) is 19.6 Å². The maximum Gasteiger partial charge on any atom is 0.147 e. The predicted octanol–water partition coefficient (Wildman–Crippen LogP) is 6.21. The summed E-state index contributed by atoms with van der Waals surface area (Å²) in [5.74, 6) is 1.65. The van der Waals surface area contributed by atoms with Gasteiger partial charge in [-0.05, 0) is 42.3 Å². The molecule has 0 bridgehead atoms. The van der Waals surface area contributed by atoms with Gasteiger partial charge in [0.2, 0.25) is 0 Å². The smallest absolute Gasteiger partial charge is 0.147 e. The lowest BCUT2D eigenvalue weighted by atomic mass is 10.1. The van der Waals surface area contributed by atoms with Crippen LogP contribution in [0.5, 0.6) is 11.5 Å². The normalized spacial score (nSPS) is 11.2. The number of likely N-dealkylation sites (N-methyl/N-ethyl adjacent to an activating group) is 1. The number of hydrogen-bond acceptors (Lipinski definition) is 3. The molecular weight excluding hydrogens is 396 g/mol. The minimum absolute atomic E-state index is 0.520. The van der Waals surface area contributed by atoms with Crippen LogP contribution in [0, 0.1) is 0 Å². The lowest BCUT2D eigenvalue weighted by Gasteiger charge is -2.17. The molecule has 166 valence electrons. The van der Waals surface area contributed by atoms with Crippen molar-refractivity contribution in [2.24, 2.45) is 0 Å². The van der Waals surface area contributed by atoms with Crippen molar-refractivity contribution in [3.63, 3.8) is 0 Å². The maximum atomic E-state index is 6.26. The Morgan fingerprint density at radius 3 is 2.03 bits per heavy atom. The lowest BCUT2D eigenvalue weighted by Crippen LogP contribution is -2.25. The quantitative estimate of drug-likeness (QED) is 0.309. The van der Waals surface area contributed by atoms with Crippen molar-refractivity contribution in [2.45, 2.75) is 33.5 Å². The zero-order valence-corrected chi connectivity index (χ0v) is 19.0. The molecule has 0 spiro atoms. The molecule has 0 atom stereocenters. The molecule has 0 aliphatic heterocycles. The van der Waals surface area contributed by atoms with Gasteiger partial charge in [-0.2, -0.15) is 0 Å². The van der Waals surface area contributed by atoms with E-state index in [0.717, 1.165) is 54.2 Å². The highest BCUT2D eigenvalue weighted by molar-refractivity contribution is 5.90. The number of ether oxygens (including phenoxy) is 2. The molecule has 32 heavy (non-hydrogen) atoms. The number of aromatic nitrogens is 1. The number of benzene rings is 3. The first-order chi connectivity index (χ1) is 15.8. The van der Waals surface area contributed by atoms with E-state index in [0.29, 0.717) is 13.2 Å². The Kier molecular flexibility index (Phi) is 7.47. The van der Waals surface area contributed by atoms with E-state index in [1.807, 2.05) is 42.5 Å². The van der Waals surface area contributed by atoms with Crippen LogP contribution < -0.4 is 9.47 Å². The van der Waals surface area contributed by atoms with Crippen LogP contribution in [-0.4, -0.2) is 29.5 Å². The molecular formula is C28H32N2O2. The van der Waals surface area contributed by atoms with E-state index >= 15 is 0 Å². The highest BCUT2D eigenvalue weighted by Crippen LogP contribution is 2.34. The van der Waals surface area contributed by atoms with Crippen molar-refractivity contribution in [1.82, 2.24) is 9.88 Å². The van der Waals surface area contributed by atoms with Gasteiger partial charge in [0.05, 0.1) is 5.52 Å². The summed E-state index contributed by atoms with van der Waals surface area (Å²) in [6.07, 6.45) is 3.10. The van der Waals surface area contributed by atoms with E-state index in [1.165, 1.54) is 10.9 Å². The van der Waals surface area contributed by atoms with Crippen LogP contribution >= 0.6 is 0 Å². The Morgan fingerprint density at radius 1 is 0.781 bits per heavy atom. The van der Waals surface area contributed by atoms with Crippen LogP contribution in [0.4, 0.5) is 0 Å². The molecule has 0 unspecified atom stereocenters. The molecule has 1 heterocycles. The first kappa shape index (κ1) is 22.0. The topological polar surface area (TPSA) is 37.5 Å². The van der Waals surface area contributed by atoms with Gasteiger partial charge in [0.25, 0.3) is 0 Å². The Morgan fingerprint density at radius 2 is 1.41 bits per heavy atom. The molecule has 0 saturated heterocycles. The molecule has 0 radical (unpaired) electrons. The van der Waals surface area contributed by atoms with Gasteiger partial charge < -0.3 is 19.4 Å². The third kappa shape index (κ3) is 5.51. The molecule has 0 saturated carbocycles. The Hall–Kier alpha value is -3.24. The number of H-pyrrole nitrogens is 1. The molecule has 1 N–H and O–H groups in total. The molecule has 4 heteroatoms. The summed E-state index contributed by atoms with van der Waals surface area (Å²) in [4.78, 5) is 5.90. The predicted molar refractivity (Wildman–Crippen MR) is 131 cm³/mol. The molecule has 4 nitrogen and oxygen atoms in total. The summed E-state index contributed by atoms with van der Waals surface area (Å²) in [7, 11) is 0. The zero-order chi connectivity index (χ0) is 22.2. The molecule has 3 aromatic carbocycles. The Bertz CT molecular complexity index is 1100. The molecule has 0 aliphatic rings. The van der Waals surface area contributed by atoms with Gasteiger partial charge in [-0.1, -0.05) is 74.5 Å². The second-order valence-corrected chi connectivity index (χ2v) is 7.98. The molecule has 0 fully saturated rings. The van der Waals surface area contributed by atoms with Crippen LogP contribution in [0.1, 0.15) is 30.5 Å². The average molecular weight is 429 g/mol. The van der Waals surface area contributed by atoms with Gasteiger partial charge in [0.1, 0.15) is 24.7 Å². The van der Waals surface area contributed by atoms with Crippen LogP contribution in [0.2, 0.25) is 0 Å². The SMILES string of the molecule is CCN(CC)CCc1c[nH]c2c(OCc3ccccc3)cc(OCc3ccccc3)cc12. The van der Waals surface area contributed by atoms with E-state index in [9.17, 15) is 0 Å². The molecule has 1 aromatic heterocycles. The van der Waals surface area contributed by atoms with E-state index in [1.54, 1.807) is 0 Å². The van der Waals surface area contributed by atoms with Crippen LogP contribution in [0.3, 0.4) is 0 Å². The summed E-state index contributed by atoms with van der Waals surface area (Å²) in [5.41, 5.74) is 4.61. The van der Waals surface area contributed by atoms with Gasteiger partial charge in [-0.3, -0.25) is 0 Å².